The Balaban J connectivity index is 1.03. The van der Waals surface area contributed by atoms with Gasteiger partial charge in [0.15, 0.2) is 0 Å². The third-order valence-corrected chi connectivity index (χ3v) is 13.3. The van der Waals surface area contributed by atoms with Crippen LogP contribution in [0, 0.1) is 0 Å². The molecule has 0 unspecified atom stereocenters. The molecular weight excluding hydrogens is 741 g/mol. The normalized spacial score (nSPS) is 13.2. The first-order valence-corrected chi connectivity index (χ1v) is 21.1. The maximum atomic E-state index is 5.30. The molecule has 4 heteroatoms. The van der Waals surface area contributed by atoms with Crippen molar-refractivity contribution in [2.75, 3.05) is 0 Å². The first-order chi connectivity index (χ1) is 30.0. The number of hydrogen-bond donors (Lipinski definition) is 0. The van der Waals surface area contributed by atoms with E-state index in [1.165, 1.54) is 76.7 Å². The van der Waals surface area contributed by atoms with Crippen molar-refractivity contribution in [3.05, 3.63) is 205 Å². The second-order valence-corrected chi connectivity index (χ2v) is 17.0. The van der Waals surface area contributed by atoms with Gasteiger partial charge in [-0.1, -0.05) is 147 Å². The quantitative estimate of drug-likeness (QED) is 0.178. The Morgan fingerprint density at radius 1 is 0.393 bits per heavy atom. The predicted molar refractivity (Wildman–Crippen MR) is 254 cm³/mol. The molecule has 0 saturated heterocycles. The number of fused-ring (bicyclic) bond motifs is 9. The average molecular weight is 779 g/mol. The van der Waals surface area contributed by atoms with Gasteiger partial charge in [-0.05, 0) is 105 Å². The number of nitrogens with zero attached hydrogens (tertiary/aromatic N) is 4. The summed E-state index contributed by atoms with van der Waals surface area (Å²) in [5.74, 6) is 0.663. The Kier molecular flexibility index (Phi) is 7.04. The summed E-state index contributed by atoms with van der Waals surface area (Å²) in [6.45, 7) is 4.77. The van der Waals surface area contributed by atoms with Crippen LogP contribution in [0.1, 0.15) is 25.0 Å². The molecule has 286 valence electrons. The third kappa shape index (κ3) is 4.87. The highest BCUT2D eigenvalue weighted by Crippen LogP contribution is 2.51. The van der Waals surface area contributed by atoms with Crippen LogP contribution in [-0.2, 0) is 5.41 Å². The van der Waals surface area contributed by atoms with Crippen LogP contribution in [0.2, 0.25) is 0 Å². The van der Waals surface area contributed by atoms with Gasteiger partial charge in [-0.25, -0.2) is 9.97 Å². The summed E-state index contributed by atoms with van der Waals surface area (Å²) in [6, 6.07) is 70.6. The molecule has 3 aromatic heterocycles. The summed E-state index contributed by atoms with van der Waals surface area (Å²) >= 11 is 0. The first-order valence-electron chi connectivity index (χ1n) is 21.1. The molecule has 0 amide bonds. The summed E-state index contributed by atoms with van der Waals surface area (Å²) in [5, 5.41) is 8.53. The van der Waals surface area contributed by atoms with Gasteiger partial charge in [0.1, 0.15) is 0 Å². The zero-order chi connectivity index (χ0) is 40.4. The molecule has 3 heterocycles. The van der Waals surface area contributed by atoms with Crippen LogP contribution in [-0.4, -0.2) is 19.1 Å². The van der Waals surface area contributed by atoms with E-state index in [0.29, 0.717) is 5.95 Å². The predicted octanol–water partition coefficient (Wildman–Crippen LogP) is 14.6. The van der Waals surface area contributed by atoms with Crippen molar-refractivity contribution in [2.24, 2.45) is 0 Å². The number of para-hydroxylation sites is 3. The fourth-order valence-electron chi connectivity index (χ4n) is 10.4. The molecule has 0 bridgehead atoms. The molecule has 1 aliphatic rings. The first kappa shape index (κ1) is 34.1. The number of rotatable bonds is 4. The molecule has 0 atom stereocenters. The van der Waals surface area contributed by atoms with Crippen LogP contribution in [0.3, 0.4) is 0 Å². The number of hydrogen-bond acceptors (Lipinski definition) is 2. The molecule has 0 spiro atoms. The van der Waals surface area contributed by atoms with Gasteiger partial charge in [0.2, 0.25) is 5.95 Å². The minimum Gasteiger partial charge on any atom is -0.309 e. The van der Waals surface area contributed by atoms with Gasteiger partial charge in [0.25, 0.3) is 0 Å². The molecule has 9 aromatic carbocycles. The van der Waals surface area contributed by atoms with E-state index in [2.05, 4.69) is 211 Å². The van der Waals surface area contributed by atoms with Crippen LogP contribution < -0.4 is 0 Å². The minimum absolute atomic E-state index is 0.171. The highest BCUT2D eigenvalue weighted by atomic mass is 15.2. The monoisotopic (exact) mass is 778 g/mol. The highest BCUT2D eigenvalue weighted by Gasteiger charge is 2.34. The number of aromatic nitrogens is 4. The molecule has 0 saturated carbocycles. The fraction of sp³-hybridized carbons (Fsp3) is 0.0526. The summed E-state index contributed by atoms with van der Waals surface area (Å²) in [5.41, 5.74) is 16.2. The van der Waals surface area contributed by atoms with E-state index in [1.54, 1.807) is 0 Å². The minimum atomic E-state index is -0.171. The zero-order valence-electron chi connectivity index (χ0n) is 33.8. The third-order valence-electron chi connectivity index (χ3n) is 13.3. The van der Waals surface area contributed by atoms with Crippen LogP contribution >= 0.6 is 0 Å². The van der Waals surface area contributed by atoms with Gasteiger partial charge in [-0.2, -0.15) is 0 Å². The van der Waals surface area contributed by atoms with E-state index < -0.39 is 0 Å². The molecule has 0 fully saturated rings. The summed E-state index contributed by atoms with van der Waals surface area (Å²) < 4.78 is 4.68. The lowest BCUT2D eigenvalue weighted by Crippen LogP contribution is -2.23. The highest BCUT2D eigenvalue weighted by molar-refractivity contribution is 6.15. The van der Waals surface area contributed by atoms with Crippen molar-refractivity contribution in [1.29, 1.82) is 0 Å². The van der Waals surface area contributed by atoms with Crippen LogP contribution in [0.5, 0.6) is 0 Å². The van der Waals surface area contributed by atoms with E-state index in [4.69, 9.17) is 9.97 Å². The maximum absolute atomic E-state index is 5.30. The lowest BCUT2D eigenvalue weighted by atomic mass is 9.68. The van der Waals surface area contributed by atoms with E-state index >= 15 is 0 Å². The lowest BCUT2D eigenvalue weighted by Gasteiger charge is -2.35. The Labute approximate surface area is 352 Å². The molecule has 61 heavy (non-hydrogen) atoms. The second kappa shape index (κ2) is 12.6. The Morgan fingerprint density at radius 2 is 1.02 bits per heavy atom. The van der Waals surface area contributed by atoms with Gasteiger partial charge < -0.3 is 4.57 Å². The second-order valence-electron chi connectivity index (χ2n) is 17.0. The van der Waals surface area contributed by atoms with Crippen LogP contribution in [0.4, 0.5) is 0 Å². The molecule has 13 rings (SSSR count). The van der Waals surface area contributed by atoms with E-state index in [0.717, 1.165) is 38.9 Å². The molecule has 4 nitrogen and oxygen atoms in total. The molecule has 0 aliphatic heterocycles. The molecule has 0 N–H and O–H groups in total. The lowest BCUT2D eigenvalue weighted by molar-refractivity contribution is 0.646. The van der Waals surface area contributed by atoms with Crippen molar-refractivity contribution < 1.29 is 0 Å². The summed E-state index contributed by atoms with van der Waals surface area (Å²) in [7, 11) is 0. The largest absolute Gasteiger partial charge is 0.309 e. The van der Waals surface area contributed by atoms with Gasteiger partial charge in [-0.3, -0.25) is 4.57 Å². The van der Waals surface area contributed by atoms with Crippen molar-refractivity contribution in [3.8, 4) is 45.1 Å². The Morgan fingerprint density at radius 3 is 1.80 bits per heavy atom. The Bertz CT molecular complexity index is 3770. The van der Waals surface area contributed by atoms with Gasteiger partial charge in [-0.15, -0.1) is 0 Å². The average Bonchev–Trinajstić information content (AvgIpc) is 3.82. The van der Waals surface area contributed by atoms with E-state index in [-0.39, 0.29) is 5.41 Å². The zero-order valence-corrected chi connectivity index (χ0v) is 33.8. The molecular formula is C57H38N4. The SMILES string of the molecule is CC1(C)c2cc3c(cc2-c2cccc4cccc1c24)c1cc(-c2ccc4c(c2)c2ccccc2n4-c2nc(-c4ccccc4)c4ccccc4n2)ccc1n3-c1ccccc1. The van der Waals surface area contributed by atoms with Crippen LogP contribution in [0.15, 0.2) is 194 Å². The summed E-state index contributed by atoms with van der Waals surface area (Å²) in [4.78, 5) is 10.5. The fourth-order valence-corrected chi connectivity index (χ4v) is 10.4. The van der Waals surface area contributed by atoms with Gasteiger partial charge in [0, 0.05) is 43.6 Å². The van der Waals surface area contributed by atoms with Gasteiger partial charge >= 0.3 is 0 Å². The summed E-state index contributed by atoms with van der Waals surface area (Å²) in [6.07, 6.45) is 0. The van der Waals surface area contributed by atoms with Crippen molar-refractivity contribution in [3.63, 3.8) is 0 Å². The van der Waals surface area contributed by atoms with Gasteiger partial charge in [0.05, 0.1) is 33.3 Å². The van der Waals surface area contributed by atoms with E-state index in [9.17, 15) is 0 Å². The van der Waals surface area contributed by atoms with Crippen molar-refractivity contribution >= 4 is 65.3 Å². The Hall–Kier alpha value is -7.82. The molecule has 1 aliphatic carbocycles. The number of benzene rings is 9. The van der Waals surface area contributed by atoms with E-state index in [1.807, 2.05) is 6.07 Å². The topological polar surface area (TPSA) is 35.6 Å². The smallest absolute Gasteiger partial charge is 0.235 e. The molecule has 12 aromatic rings. The molecule has 0 radical (unpaired) electrons. The van der Waals surface area contributed by atoms with Crippen LogP contribution in [0.25, 0.3) is 110 Å². The van der Waals surface area contributed by atoms with Crippen molar-refractivity contribution in [1.82, 2.24) is 19.1 Å². The maximum Gasteiger partial charge on any atom is 0.235 e. The standard InChI is InChI=1S/C57H38N4/c1-57(2)47-24-14-18-35-17-13-23-41(54(35)47)43-33-46-45-32-38(27-29-51(45)60(53(46)34-48(43)57)39-19-7-4-8-20-39)37-28-30-52-44(31-37)40-21-10-12-26-50(40)61(52)56-58-49-25-11-9-22-42(49)55(59-56)36-15-5-3-6-16-36/h3-34H,1-2H3. The van der Waals surface area contributed by atoms with Crippen molar-refractivity contribution in [2.45, 2.75) is 19.3 Å².